The van der Waals surface area contributed by atoms with E-state index < -0.39 is 0 Å². The number of carbonyl (C=O) groups is 2. The van der Waals surface area contributed by atoms with E-state index in [0.29, 0.717) is 4.88 Å². The number of aromatic nitrogens is 2. The molecule has 0 aliphatic carbocycles. The number of nitrogens with zero attached hydrogens (tertiary/aromatic N) is 2. The smallest absolute Gasteiger partial charge is 0.273 e. The lowest BCUT2D eigenvalue weighted by Gasteiger charge is -2.08. The maximum absolute atomic E-state index is 12.4. The molecule has 0 saturated carbocycles. The highest BCUT2D eigenvalue weighted by molar-refractivity contribution is 7.20. The fourth-order valence-electron chi connectivity index (χ4n) is 3.17. The van der Waals surface area contributed by atoms with Gasteiger partial charge in [-0.15, -0.1) is 11.3 Å². The number of rotatable bonds is 3. The second-order valence-corrected chi connectivity index (χ2v) is 7.39. The van der Waals surface area contributed by atoms with Crippen LogP contribution in [-0.4, -0.2) is 21.6 Å². The first-order valence-corrected chi connectivity index (χ1v) is 9.33. The molecular weight excluding hydrogens is 360 g/mol. The van der Waals surface area contributed by atoms with Crippen molar-refractivity contribution >= 4 is 44.1 Å². The van der Waals surface area contributed by atoms with E-state index in [4.69, 9.17) is 0 Å². The summed E-state index contributed by atoms with van der Waals surface area (Å²) >= 11 is 1.35. The molecule has 7 heteroatoms. The fourth-order valence-corrected chi connectivity index (χ4v) is 4.19. The highest BCUT2D eigenvalue weighted by Crippen LogP contribution is 2.27. The summed E-state index contributed by atoms with van der Waals surface area (Å²) in [4.78, 5) is 26.1. The van der Waals surface area contributed by atoms with Crippen molar-refractivity contribution in [3.8, 4) is 0 Å². The lowest BCUT2D eigenvalue weighted by Crippen LogP contribution is -2.42. The Morgan fingerprint density at radius 3 is 2.67 bits per heavy atom. The van der Waals surface area contributed by atoms with E-state index in [1.807, 2.05) is 56.4 Å². The molecule has 0 fully saturated rings. The molecule has 0 atom stereocenters. The number of nitrogens with one attached hydrogen (secondary N) is 2. The van der Waals surface area contributed by atoms with Gasteiger partial charge in [0.2, 0.25) is 5.91 Å². The van der Waals surface area contributed by atoms with Crippen LogP contribution in [0.1, 0.15) is 20.9 Å². The summed E-state index contributed by atoms with van der Waals surface area (Å²) in [6.07, 6.45) is 0.192. The summed E-state index contributed by atoms with van der Waals surface area (Å²) in [7, 11) is 1.85. The van der Waals surface area contributed by atoms with E-state index in [9.17, 15) is 9.59 Å². The standard InChI is InChI=1S/C20H18N4O2S/c1-12-16-11-17(27-20(16)24(2)23-12)19(26)22-21-18(25)10-14-8-5-7-13-6-3-4-9-15(13)14/h3-9,11H,10H2,1-2H3,(H,21,25)(H,22,26). The zero-order valence-corrected chi connectivity index (χ0v) is 15.8. The van der Waals surface area contributed by atoms with E-state index in [1.54, 1.807) is 10.7 Å². The number of fused-ring (bicyclic) bond motifs is 2. The lowest BCUT2D eigenvalue weighted by molar-refractivity contribution is -0.121. The molecule has 0 aliphatic heterocycles. The van der Waals surface area contributed by atoms with Gasteiger partial charge in [-0.3, -0.25) is 25.1 Å². The van der Waals surface area contributed by atoms with Crippen LogP contribution in [-0.2, 0) is 18.3 Å². The van der Waals surface area contributed by atoms with Crippen LogP contribution < -0.4 is 10.9 Å². The topological polar surface area (TPSA) is 76.0 Å². The third-order valence-corrected chi connectivity index (χ3v) is 5.67. The molecule has 0 aliphatic rings. The zero-order chi connectivity index (χ0) is 19.0. The number of hydrazine groups is 1. The first-order valence-electron chi connectivity index (χ1n) is 8.52. The SMILES string of the molecule is Cc1nn(C)c2sc(C(=O)NNC(=O)Cc3cccc4ccccc34)cc12. The van der Waals surface area contributed by atoms with Crippen molar-refractivity contribution in [1.29, 1.82) is 0 Å². The normalized spacial score (nSPS) is 11.0. The minimum absolute atomic E-state index is 0.192. The zero-order valence-electron chi connectivity index (χ0n) is 14.9. The third-order valence-electron chi connectivity index (χ3n) is 4.47. The quantitative estimate of drug-likeness (QED) is 0.538. The third kappa shape index (κ3) is 3.29. The van der Waals surface area contributed by atoms with E-state index in [1.165, 1.54) is 11.3 Å². The molecule has 0 unspecified atom stereocenters. The summed E-state index contributed by atoms with van der Waals surface area (Å²) in [5.41, 5.74) is 6.80. The number of hydrogen-bond donors (Lipinski definition) is 2. The summed E-state index contributed by atoms with van der Waals surface area (Å²) in [6, 6.07) is 15.6. The van der Waals surface area contributed by atoms with E-state index in [0.717, 1.165) is 32.2 Å². The van der Waals surface area contributed by atoms with Crippen LogP contribution in [0.4, 0.5) is 0 Å². The van der Waals surface area contributed by atoms with Crippen molar-refractivity contribution < 1.29 is 9.59 Å². The molecule has 0 radical (unpaired) electrons. The second kappa shape index (κ2) is 6.85. The average Bonchev–Trinajstić information content (AvgIpc) is 3.22. The van der Waals surface area contributed by atoms with Gasteiger partial charge in [0.05, 0.1) is 17.0 Å². The van der Waals surface area contributed by atoms with Gasteiger partial charge in [0.25, 0.3) is 5.91 Å². The Hall–Kier alpha value is -3.19. The molecule has 2 N–H and O–H groups in total. The minimum atomic E-state index is -0.332. The molecule has 0 saturated heterocycles. The van der Waals surface area contributed by atoms with Crippen molar-refractivity contribution in [3.63, 3.8) is 0 Å². The minimum Gasteiger partial charge on any atom is -0.273 e. The summed E-state index contributed by atoms with van der Waals surface area (Å²) in [6.45, 7) is 1.91. The van der Waals surface area contributed by atoms with Crippen molar-refractivity contribution in [1.82, 2.24) is 20.6 Å². The molecule has 0 bridgehead atoms. The Labute approximate surface area is 159 Å². The molecular formula is C20H18N4O2S. The molecule has 27 heavy (non-hydrogen) atoms. The van der Waals surface area contributed by atoms with Gasteiger partial charge in [-0.05, 0) is 29.3 Å². The van der Waals surface area contributed by atoms with Crippen molar-refractivity contribution in [2.24, 2.45) is 7.05 Å². The van der Waals surface area contributed by atoms with Crippen LogP contribution in [0.15, 0.2) is 48.5 Å². The number of amides is 2. The number of thiophene rings is 1. The Kier molecular flexibility index (Phi) is 4.37. The Bertz CT molecular complexity index is 1140. The van der Waals surface area contributed by atoms with Crippen LogP contribution >= 0.6 is 11.3 Å². The second-order valence-electron chi connectivity index (χ2n) is 6.36. The van der Waals surface area contributed by atoms with Gasteiger partial charge in [0.1, 0.15) is 4.83 Å². The van der Waals surface area contributed by atoms with Crippen LogP contribution in [0.25, 0.3) is 21.0 Å². The van der Waals surface area contributed by atoms with Gasteiger partial charge in [0.15, 0.2) is 0 Å². The van der Waals surface area contributed by atoms with Gasteiger partial charge >= 0.3 is 0 Å². The highest BCUT2D eigenvalue weighted by atomic mass is 32.1. The van der Waals surface area contributed by atoms with Gasteiger partial charge in [-0.25, -0.2) is 0 Å². The summed E-state index contributed by atoms with van der Waals surface area (Å²) in [5.74, 6) is -0.597. The van der Waals surface area contributed by atoms with Gasteiger partial charge in [-0.1, -0.05) is 42.5 Å². The number of benzene rings is 2. The predicted molar refractivity (Wildman–Crippen MR) is 107 cm³/mol. The molecule has 2 heterocycles. The maximum Gasteiger partial charge on any atom is 0.279 e. The average molecular weight is 378 g/mol. The molecule has 136 valence electrons. The molecule has 6 nitrogen and oxygen atoms in total. The molecule has 0 spiro atoms. The van der Waals surface area contributed by atoms with Crippen LogP contribution in [0.5, 0.6) is 0 Å². The monoisotopic (exact) mass is 378 g/mol. The fraction of sp³-hybridized carbons (Fsp3) is 0.150. The van der Waals surface area contributed by atoms with Crippen molar-refractivity contribution in [2.45, 2.75) is 13.3 Å². The van der Waals surface area contributed by atoms with E-state index in [2.05, 4.69) is 16.0 Å². The van der Waals surface area contributed by atoms with Crippen LogP contribution in [0.2, 0.25) is 0 Å². The summed E-state index contributed by atoms with van der Waals surface area (Å²) < 4.78 is 1.76. The molecule has 2 aromatic carbocycles. The molecule has 2 aromatic heterocycles. The Balaban J connectivity index is 1.43. The summed E-state index contributed by atoms with van der Waals surface area (Å²) in [5, 5.41) is 7.40. The number of hydrogen-bond acceptors (Lipinski definition) is 4. The van der Waals surface area contributed by atoms with Crippen LogP contribution in [0, 0.1) is 6.92 Å². The van der Waals surface area contributed by atoms with Crippen molar-refractivity contribution in [2.75, 3.05) is 0 Å². The first kappa shape index (κ1) is 17.2. The first-order chi connectivity index (χ1) is 13.0. The molecule has 2 amide bonds. The van der Waals surface area contributed by atoms with Gasteiger partial charge in [-0.2, -0.15) is 5.10 Å². The maximum atomic E-state index is 12.4. The van der Waals surface area contributed by atoms with Gasteiger partial charge in [0, 0.05) is 12.4 Å². The highest BCUT2D eigenvalue weighted by Gasteiger charge is 2.16. The van der Waals surface area contributed by atoms with E-state index in [-0.39, 0.29) is 18.2 Å². The number of carbonyl (C=O) groups excluding carboxylic acids is 2. The Morgan fingerprint density at radius 2 is 1.85 bits per heavy atom. The molecule has 4 aromatic rings. The lowest BCUT2D eigenvalue weighted by atomic mass is 10.0. The largest absolute Gasteiger partial charge is 0.279 e. The van der Waals surface area contributed by atoms with Crippen molar-refractivity contribution in [3.05, 3.63) is 64.7 Å². The molecule has 4 rings (SSSR count). The number of aryl methyl sites for hydroxylation is 2. The predicted octanol–water partition coefficient (Wildman–Crippen LogP) is 3.10. The van der Waals surface area contributed by atoms with E-state index >= 15 is 0 Å². The Morgan fingerprint density at radius 1 is 1.07 bits per heavy atom. The van der Waals surface area contributed by atoms with Crippen LogP contribution in [0.3, 0.4) is 0 Å². The van der Waals surface area contributed by atoms with Gasteiger partial charge < -0.3 is 0 Å².